The number of aryl methyl sites for hydroxylation is 2. The molecule has 5 nitrogen and oxygen atoms in total. The second kappa shape index (κ2) is 5.71. The number of carbonyl (C=O) groups excluding carboxylic acids is 1. The van der Waals surface area contributed by atoms with E-state index in [4.69, 9.17) is 16.2 Å². The van der Waals surface area contributed by atoms with Crippen molar-refractivity contribution in [2.45, 2.75) is 20.4 Å². The van der Waals surface area contributed by atoms with Gasteiger partial charge in [0.2, 0.25) is 11.8 Å². The van der Waals surface area contributed by atoms with E-state index >= 15 is 0 Å². The van der Waals surface area contributed by atoms with E-state index in [1.54, 1.807) is 24.3 Å². The summed E-state index contributed by atoms with van der Waals surface area (Å²) in [5.74, 6) is 0.614. The number of aromatic nitrogens is 1. The first-order valence-electron chi connectivity index (χ1n) is 6.26. The fourth-order valence-electron chi connectivity index (χ4n) is 1.96. The molecule has 2 aromatic rings. The number of benzene rings is 1. The number of pyridine rings is 1. The van der Waals surface area contributed by atoms with Gasteiger partial charge in [-0.05, 0) is 49.7 Å². The van der Waals surface area contributed by atoms with Gasteiger partial charge in [-0.2, -0.15) is 0 Å². The third-order valence-corrected chi connectivity index (χ3v) is 2.99. The Labute approximate surface area is 117 Å². The molecule has 0 saturated carbocycles. The summed E-state index contributed by atoms with van der Waals surface area (Å²) in [5.41, 5.74) is 14.1. The minimum Gasteiger partial charge on any atom is -0.439 e. The normalized spacial score (nSPS) is 10.3. The van der Waals surface area contributed by atoms with Crippen LogP contribution < -0.4 is 16.2 Å². The van der Waals surface area contributed by atoms with Crippen LogP contribution in [-0.4, -0.2) is 10.9 Å². The molecule has 2 rings (SSSR count). The number of amides is 1. The van der Waals surface area contributed by atoms with Gasteiger partial charge in [-0.25, -0.2) is 4.98 Å². The first-order chi connectivity index (χ1) is 9.51. The van der Waals surface area contributed by atoms with Crippen LogP contribution in [0.4, 0.5) is 0 Å². The van der Waals surface area contributed by atoms with E-state index in [1.165, 1.54) is 0 Å². The minimum absolute atomic E-state index is 0.355. The van der Waals surface area contributed by atoms with Crippen LogP contribution in [0.3, 0.4) is 0 Å². The SMILES string of the molecule is Cc1cc(C)c(CN)c(Oc2ccc(C(N)=O)cc2)n1. The molecule has 0 saturated heterocycles. The van der Waals surface area contributed by atoms with Crippen molar-refractivity contribution in [1.82, 2.24) is 4.98 Å². The largest absolute Gasteiger partial charge is 0.439 e. The molecule has 0 aliphatic heterocycles. The molecule has 0 bridgehead atoms. The Morgan fingerprint density at radius 2 is 1.90 bits per heavy atom. The predicted octanol–water partition coefficient (Wildman–Crippen LogP) is 2.05. The molecule has 0 radical (unpaired) electrons. The second-order valence-corrected chi connectivity index (χ2v) is 4.56. The highest BCUT2D eigenvalue weighted by Crippen LogP contribution is 2.26. The van der Waals surface area contributed by atoms with E-state index in [-0.39, 0.29) is 0 Å². The van der Waals surface area contributed by atoms with Crippen LogP contribution in [0, 0.1) is 13.8 Å². The van der Waals surface area contributed by atoms with E-state index in [1.807, 2.05) is 19.9 Å². The Bertz CT molecular complexity index is 636. The van der Waals surface area contributed by atoms with Crippen LogP contribution in [0.15, 0.2) is 30.3 Å². The lowest BCUT2D eigenvalue weighted by molar-refractivity contribution is 0.100. The van der Waals surface area contributed by atoms with E-state index in [2.05, 4.69) is 4.98 Å². The van der Waals surface area contributed by atoms with E-state index in [0.717, 1.165) is 16.8 Å². The Kier molecular flexibility index (Phi) is 4.00. The van der Waals surface area contributed by atoms with Gasteiger partial charge in [0.05, 0.1) is 0 Å². The quantitative estimate of drug-likeness (QED) is 0.890. The summed E-state index contributed by atoms with van der Waals surface area (Å²) >= 11 is 0. The lowest BCUT2D eigenvalue weighted by atomic mass is 10.1. The lowest BCUT2D eigenvalue weighted by Crippen LogP contribution is -2.10. The van der Waals surface area contributed by atoms with E-state index in [0.29, 0.717) is 23.7 Å². The standard InChI is InChI=1S/C15H17N3O2/c1-9-7-10(2)18-15(13(9)8-16)20-12-5-3-11(4-6-12)14(17)19/h3-7H,8,16H2,1-2H3,(H2,17,19). The van der Waals surface area contributed by atoms with Gasteiger partial charge in [0.25, 0.3) is 0 Å². The molecule has 1 amide bonds. The minimum atomic E-state index is -0.469. The summed E-state index contributed by atoms with van der Waals surface area (Å²) in [5, 5.41) is 0. The van der Waals surface area contributed by atoms with Gasteiger partial charge < -0.3 is 16.2 Å². The van der Waals surface area contributed by atoms with Crippen molar-refractivity contribution >= 4 is 5.91 Å². The van der Waals surface area contributed by atoms with Gasteiger partial charge in [-0.1, -0.05) is 0 Å². The number of nitrogens with two attached hydrogens (primary N) is 2. The van der Waals surface area contributed by atoms with Crippen LogP contribution in [0.25, 0.3) is 0 Å². The summed E-state index contributed by atoms with van der Waals surface area (Å²) in [6, 6.07) is 8.55. The molecule has 0 aliphatic carbocycles. The Hall–Kier alpha value is -2.40. The summed E-state index contributed by atoms with van der Waals surface area (Å²) in [7, 11) is 0. The highest BCUT2D eigenvalue weighted by atomic mass is 16.5. The van der Waals surface area contributed by atoms with Crippen molar-refractivity contribution in [2.24, 2.45) is 11.5 Å². The lowest BCUT2D eigenvalue weighted by Gasteiger charge is -2.12. The zero-order valence-corrected chi connectivity index (χ0v) is 11.5. The molecule has 20 heavy (non-hydrogen) atoms. The molecular weight excluding hydrogens is 254 g/mol. The number of hydrogen-bond donors (Lipinski definition) is 2. The highest BCUT2D eigenvalue weighted by Gasteiger charge is 2.10. The molecule has 1 aromatic carbocycles. The number of ether oxygens (including phenoxy) is 1. The van der Waals surface area contributed by atoms with Crippen molar-refractivity contribution in [2.75, 3.05) is 0 Å². The Morgan fingerprint density at radius 1 is 1.25 bits per heavy atom. The molecule has 5 heteroatoms. The predicted molar refractivity (Wildman–Crippen MR) is 76.6 cm³/mol. The van der Waals surface area contributed by atoms with E-state index < -0.39 is 5.91 Å². The molecular formula is C15H17N3O2. The summed E-state index contributed by atoms with van der Waals surface area (Å²) in [6.45, 7) is 4.23. The van der Waals surface area contributed by atoms with E-state index in [9.17, 15) is 4.79 Å². The Morgan fingerprint density at radius 3 is 2.45 bits per heavy atom. The van der Waals surface area contributed by atoms with Crippen LogP contribution in [0.1, 0.15) is 27.2 Å². The van der Waals surface area contributed by atoms with Crippen LogP contribution in [-0.2, 0) is 6.54 Å². The second-order valence-electron chi connectivity index (χ2n) is 4.56. The molecule has 0 fully saturated rings. The van der Waals surface area contributed by atoms with Gasteiger partial charge in [-0.3, -0.25) is 4.79 Å². The average Bonchev–Trinajstić information content (AvgIpc) is 2.39. The topological polar surface area (TPSA) is 91.2 Å². The molecule has 104 valence electrons. The number of primary amides is 1. The number of carbonyl (C=O) groups is 1. The van der Waals surface area contributed by atoms with Crippen molar-refractivity contribution < 1.29 is 9.53 Å². The monoisotopic (exact) mass is 271 g/mol. The highest BCUT2D eigenvalue weighted by molar-refractivity contribution is 5.92. The molecule has 0 unspecified atom stereocenters. The first kappa shape index (κ1) is 14.0. The summed E-state index contributed by atoms with van der Waals surface area (Å²) in [4.78, 5) is 15.4. The molecule has 1 aromatic heterocycles. The molecule has 1 heterocycles. The number of nitrogens with zero attached hydrogens (tertiary/aromatic N) is 1. The van der Waals surface area contributed by atoms with Crippen molar-refractivity contribution in [3.8, 4) is 11.6 Å². The van der Waals surface area contributed by atoms with Crippen molar-refractivity contribution in [3.05, 3.63) is 52.7 Å². The molecule has 4 N–H and O–H groups in total. The summed E-state index contributed by atoms with van der Waals surface area (Å²) in [6.07, 6.45) is 0. The molecule has 0 spiro atoms. The average molecular weight is 271 g/mol. The Balaban J connectivity index is 2.32. The molecule has 0 aliphatic rings. The van der Waals surface area contributed by atoms with Gasteiger partial charge >= 0.3 is 0 Å². The van der Waals surface area contributed by atoms with Crippen molar-refractivity contribution in [3.63, 3.8) is 0 Å². The fourth-order valence-corrected chi connectivity index (χ4v) is 1.96. The first-order valence-corrected chi connectivity index (χ1v) is 6.26. The van der Waals surface area contributed by atoms with Crippen LogP contribution >= 0.6 is 0 Å². The van der Waals surface area contributed by atoms with Crippen molar-refractivity contribution in [1.29, 1.82) is 0 Å². The fraction of sp³-hybridized carbons (Fsp3) is 0.200. The zero-order valence-electron chi connectivity index (χ0n) is 11.5. The third kappa shape index (κ3) is 2.95. The van der Waals surface area contributed by atoms with Gasteiger partial charge in [0.15, 0.2) is 0 Å². The summed E-state index contributed by atoms with van der Waals surface area (Å²) < 4.78 is 5.75. The number of rotatable bonds is 4. The smallest absolute Gasteiger partial charge is 0.248 e. The maximum atomic E-state index is 11.0. The third-order valence-electron chi connectivity index (χ3n) is 2.99. The number of hydrogen-bond acceptors (Lipinski definition) is 4. The van der Waals surface area contributed by atoms with Crippen LogP contribution in [0.5, 0.6) is 11.6 Å². The van der Waals surface area contributed by atoms with Gasteiger partial charge in [-0.15, -0.1) is 0 Å². The maximum absolute atomic E-state index is 11.0. The molecule has 0 atom stereocenters. The van der Waals surface area contributed by atoms with Gasteiger partial charge in [0.1, 0.15) is 5.75 Å². The zero-order chi connectivity index (χ0) is 14.7. The maximum Gasteiger partial charge on any atom is 0.248 e. The van der Waals surface area contributed by atoms with Gasteiger partial charge in [0, 0.05) is 23.4 Å². The van der Waals surface area contributed by atoms with Crippen LogP contribution in [0.2, 0.25) is 0 Å².